The highest BCUT2D eigenvalue weighted by Crippen LogP contribution is 2.35. The molecule has 1 heterocycles. The van der Waals surface area contributed by atoms with Gasteiger partial charge in [-0.05, 0) is 36.2 Å². The van der Waals surface area contributed by atoms with Gasteiger partial charge in [0.15, 0.2) is 0 Å². The number of fused-ring (bicyclic) bond motifs is 1. The van der Waals surface area contributed by atoms with Crippen LogP contribution in [0.5, 0.6) is 0 Å². The summed E-state index contributed by atoms with van der Waals surface area (Å²) in [6.07, 6.45) is 0.689. The Balaban J connectivity index is 2.19. The Morgan fingerprint density at radius 2 is 1.71 bits per heavy atom. The Bertz CT molecular complexity index is 825. The summed E-state index contributed by atoms with van der Waals surface area (Å²) in [6.45, 7) is 3.46. The maximum atomic E-state index is 13.3. The molecule has 24 heavy (non-hydrogen) atoms. The van der Waals surface area contributed by atoms with Crippen LogP contribution in [0.3, 0.4) is 0 Å². The molecule has 0 unspecified atom stereocenters. The molecule has 1 aliphatic heterocycles. The lowest BCUT2D eigenvalue weighted by Crippen LogP contribution is -2.36. The molecular formula is C19H18FN3O. The van der Waals surface area contributed by atoms with Gasteiger partial charge < -0.3 is 5.32 Å². The van der Waals surface area contributed by atoms with Crippen molar-refractivity contribution in [2.75, 3.05) is 0 Å². The van der Waals surface area contributed by atoms with Crippen LogP contribution in [-0.4, -0.2) is 17.5 Å². The van der Waals surface area contributed by atoms with Crippen molar-refractivity contribution in [1.82, 2.24) is 5.32 Å². The van der Waals surface area contributed by atoms with E-state index in [2.05, 4.69) is 10.3 Å². The molecule has 4 nitrogen and oxygen atoms in total. The molecule has 5 heteroatoms. The fourth-order valence-corrected chi connectivity index (χ4v) is 2.79. The predicted molar refractivity (Wildman–Crippen MR) is 93.9 cm³/mol. The van der Waals surface area contributed by atoms with E-state index < -0.39 is 0 Å². The standard InChI is InChI=1S/C19H18FN3O/c1-3-15-18(13-8-10-14(20)11-9-13)19(21-12(2)24)23-17-7-5-4-6-16(17)22-15/h4-11,18H,3H2,1-2H3,(H,21,23,24)/t18-/m0/s1. The molecule has 3 rings (SSSR count). The maximum absolute atomic E-state index is 13.3. The van der Waals surface area contributed by atoms with Gasteiger partial charge in [0.2, 0.25) is 5.91 Å². The Hall–Kier alpha value is -2.82. The first-order valence-corrected chi connectivity index (χ1v) is 7.86. The number of rotatable bonds is 2. The van der Waals surface area contributed by atoms with Crippen molar-refractivity contribution >= 4 is 28.8 Å². The third-order valence-electron chi connectivity index (χ3n) is 3.86. The van der Waals surface area contributed by atoms with Crippen molar-refractivity contribution in [1.29, 1.82) is 0 Å². The van der Waals surface area contributed by atoms with E-state index >= 15 is 0 Å². The average molecular weight is 323 g/mol. The van der Waals surface area contributed by atoms with Gasteiger partial charge in [0.25, 0.3) is 0 Å². The highest BCUT2D eigenvalue weighted by atomic mass is 19.1. The SMILES string of the molecule is CCC1=Nc2ccccc2N=C(NC(C)=O)[C@H]1c1ccc(F)cc1. The number of para-hydroxylation sites is 2. The molecule has 0 spiro atoms. The van der Waals surface area contributed by atoms with Crippen molar-refractivity contribution in [2.45, 2.75) is 26.2 Å². The van der Waals surface area contributed by atoms with Gasteiger partial charge in [0.1, 0.15) is 11.7 Å². The van der Waals surface area contributed by atoms with Crippen LogP contribution in [0.1, 0.15) is 31.7 Å². The number of amidine groups is 1. The van der Waals surface area contributed by atoms with Crippen molar-refractivity contribution < 1.29 is 9.18 Å². The highest BCUT2D eigenvalue weighted by Gasteiger charge is 2.27. The molecule has 0 saturated heterocycles. The number of aliphatic imine (C=N–C) groups is 2. The second kappa shape index (κ2) is 6.74. The maximum Gasteiger partial charge on any atom is 0.222 e. The largest absolute Gasteiger partial charge is 0.314 e. The summed E-state index contributed by atoms with van der Waals surface area (Å²) in [5, 5.41) is 2.83. The average Bonchev–Trinajstić information content (AvgIpc) is 2.71. The molecule has 0 aromatic heterocycles. The lowest BCUT2D eigenvalue weighted by molar-refractivity contribution is -0.117. The summed E-state index contributed by atoms with van der Waals surface area (Å²) in [5.74, 6) is -0.300. The van der Waals surface area contributed by atoms with Gasteiger partial charge in [0.05, 0.1) is 17.3 Å². The van der Waals surface area contributed by atoms with E-state index in [1.807, 2.05) is 31.2 Å². The minimum absolute atomic E-state index is 0.198. The van der Waals surface area contributed by atoms with Gasteiger partial charge in [-0.2, -0.15) is 0 Å². The summed E-state index contributed by atoms with van der Waals surface area (Å²) < 4.78 is 13.3. The number of amides is 1. The van der Waals surface area contributed by atoms with Crippen LogP contribution in [0.4, 0.5) is 15.8 Å². The fraction of sp³-hybridized carbons (Fsp3) is 0.211. The topological polar surface area (TPSA) is 53.8 Å². The summed E-state index contributed by atoms with van der Waals surface area (Å²) in [4.78, 5) is 21.1. The number of carbonyl (C=O) groups excluding carboxylic acids is 1. The van der Waals surface area contributed by atoms with Gasteiger partial charge in [-0.25, -0.2) is 9.38 Å². The fourth-order valence-electron chi connectivity index (χ4n) is 2.79. The van der Waals surface area contributed by atoms with Crippen LogP contribution in [0.2, 0.25) is 0 Å². The van der Waals surface area contributed by atoms with Crippen molar-refractivity contribution in [3.63, 3.8) is 0 Å². The van der Waals surface area contributed by atoms with Crippen LogP contribution in [0.15, 0.2) is 58.5 Å². The minimum Gasteiger partial charge on any atom is -0.314 e. The molecule has 0 saturated carbocycles. The zero-order valence-corrected chi connectivity index (χ0v) is 13.6. The minimum atomic E-state index is -0.313. The molecule has 1 N–H and O–H groups in total. The zero-order chi connectivity index (χ0) is 17.1. The van der Waals surface area contributed by atoms with Crippen LogP contribution in [0, 0.1) is 5.82 Å². The number of hydrogen-bond donors (Lipinski definition) is 1. The zero-order valence-electron chi connectivity index (χ0n) is 13.6. The molecule has 122 valence electrons. The summed E-state index contributed by atoms with van der Waals surface area (Å²) >= 11 is 0. The lowest BCUT2D eigenvalue weighted by atomic mass is 9.91. The van der Waals surface area contributed by atoms with Crippen molar-refractivity contribution in [3.05, 3.63) is 59.9 Å². The number of nitrogens with one attached hydrogen (secondary N) is 1. The van der Waals surface area contributed by atoms with Crippen LogP contribution < -0.4 is 5.32 Å². The molecular weight excluding hydrogens is 305 g/mol. The Morgan fingerprint density at radius 3 is 2.29 bits per heavy atom. The first kappa shape index (κ1) is 16.1. The number of hydrogen-bond acceptors (Lipinski definition) is 3. The van der Waals surface area contributed by atoms with E-state index in [0.717, 1.165) is 17.0 Å². The van der Waals surface area contributed by atoms with Gasteiger partial charge in [-0.1, -0.05) is 31.2 Å². The third kappa shape index (κ3) is 3.25. The third-order valence-corrected chi connectivity index (χ3v) is 3.86. The van der Waals surface area contributed by atoms with Crippen molar-refractivity contribution in [3.8, 4) is 0 Å². The first-order valence-electron chi connectivity index (χ1n) is 7.86. The number of nitrogens with zero attached hydrogens (tertiary/aromatic N) is 2. The van der Waals surface area contributed by atoms with Crippen molar-refractivity contribution in [2.24, 2.45) is 9.98 Å². The number of carbonyl (C=O) groups is 1. The van der Waals surface area contributed by atoms with Crippen LogP contribution >= 0.6 is 0 Å². The van der Waals surface area contributed by atoms with Gasteiger partial charge >= 0.3 is 0 Å². The highest BCUT2D eigenvalue weighted by molar-refractivity contribution is 6.17. The van der Waals surface area contributed by atoms with Crippen LogP contribution in [-0.2, 0) is 4.79 Å². The summed E-state index contributed by atoms with van der Waals surface area (Å²) in [7, 11) is 0. The Kier molecular flexibility index (Phi) is 4.51. The molecule has 0 radical (unpaired) electrons. The van der Waals surface area contributed by atoms with E-state index in [-0.39, 0.29) is 17.6 Å². The smallest absolute Gasteiger partial charge is 0.222 e. The van der Waals surface area contributed by atoms with E-state index in [4.69, 9.17) is 4.99 Å². The Labute approximate surface area is 140 Å². The number of benzene rings is 2. The molecule has 0 bridgehead atoms. The monoisotopic (exact) mass is 323 g/mol. The lowest BCUT2D eigenvalue weighted by Gasteiger charge is -2.20. The van der Waals surface area contributed by atoms with Crippen LogP contribution in [0.25, 0.3) is 0 Å². The van der Waals surface area contributed by atoms with E-state index in [1.54, 1.807) is 12.1 Å². The summed E-state index contributed by atoms with van der Waals surface area (Å²) in [5.41, 5.74) is 3.19. The molecule has 1 aliphatic rings. The predicted octanol–water partition coefficient (Wildman–Crippen LogP) is 4.27. The Morgan fingerprint density at radius 1 is 1.08 bits per heavy atom. The molecule has 2 aromatic rings. The van der Waals surface area contributed by atoms with E-state index in [0.29, 0.717) is 17.9 Å². The molecule has 1 atom stereocenters. The van der Waals surface area contributed by atoms with Gasteiger partial charge in [-0.3, -0.25) is 9.79 Å². The normalized spacial score (nSPS) is 16.5. The second-order valence-electron chi connectivity index (χ2n) is 5.61. The second-order valence-corrected chi connectivity index (χ2v) is 5.61. The molecule has 2 aromatic carbocycles. The number of halogens is 1. The van der Waals surface area contributed by atoms with Gasteiger partial charge in [0, 0.05) is 12.6 Å². The van der Waals surface area contributed by atoms with E-state index in [1.165, 1.54) is 19.1 Å². The van der Waals surface area contributed by atoms with E-state index in [9.17, 15) is 9.18 Å². The molecule has 0 aliphatic carbocycles. The first-order chi connectivity index (χ1) is 11.6. The molecule has 1 amide bonds. The summed E-state index contributed by atoms with van der Waals surface area (Å²) in [6, 6.07) is 13.8. The molecule has 0 fully saturated rings. The van der Waals surface area contributed by atoms with Gasteiger partial charge in [-0.15, -0.1) is 0 Å². The quantitative estimate of drug-likeness (QED) is 0.881.